The molecule has 128 valence electrons. The zero-order valence-corrected chi connectivity index (χ0v) is 14.8. The second-order valence-electron chi connectivity index (χ2n) is 5.97. The Bertz CT molecular complexity index is 901. The molecule has 4 rings (SSSR count). The molecule has 0 saturated carbocycles. The molecule has 3 aromatic rings. The molecule has 1 saturated heterocycles. The largest absolute Gasteiger partial charge is 0.375 e. The van der Waals surface area contributed by atoms with Crippen LogP contribution in [-0.2, 0) is 4.74 Å². The summed E-state index contributed by atoms with van der Waals surface area (Å²) >= 11 is 1.57. The fraction of sp³-hybridized carbons (Fsp3) is 0.278. The number of anilines is 2. The van der Waals surface area contributed by atoms with E-state index in [9.17, 15) is 4.79 Å². The van der Waals surface area contributed by atoms with E-state index in [0.29, 0.717) is 24.5 Å². The summed E-state index contributed by atoms with van der Waals surface area (Å²) in [6.07, 6.45) is 3.72. The van der Waals surface area contributed by atoms with E-state index in [-0.39, 0.29) is 5.91 Å². The molecule has 0 radical (unpaired) electrons. The second kappa shape index (κ2) is 6.78. The standard InChI is InChI=1S/C18H18N4O2S/c1-13-2-4-14(5-3-13)16(23)20-15-12-19-18-22(8-11-25-18)17(15)21-6-9-24-10-7-21/h2-5,8,11-12H,6-7,9-10H2,1H3/p+1. The van der Waals surface area contributed by atoms with E-state index in [2.05, 4.69) is 15.2 Å². The van der Waals surface area contributed by atoms with Crippen LogP contribution in [-0.4, -0.2) is 37.2 Å². The highest BCUT2D eigenvalue weighted by atomic mass is 32.1. The third-order valence-corrected chi connectivity index (χ3v) is 5.01. The zero-order chi connectivity index (χ0) is 17.2. The molecular formula is C18H19N4O2S+. The molecule has 0 unspecified atom stereocenters. The number of aryl methyl sites for hydroxylation is 1. The van der Waals surface area contributed by atoms with Gasteiger partial charge in [0.05, 0.1) is 32.5 Å². The predicted molar refractivity (Wildman–Crippen MR) is 97.4 cm³/mol. The quantitative estimate of drug-likeness (QED) is 0.733. The van der Waals surface area contributed by atoms with Crippen molar-refractivity contribution in [3.63, 3.8) is 0 Å². The Morgan fingerprint density at radius 3 is 2.80 bits per heavy atom. The van der Waals surface area contributed by atoms with Crippen molar-refractivity contribution in [2.24, 2.45) is 0 Å². The molecule has 2 aromatic heterocycles. The number of hydrogen-bond acceptors (Lipinski definition) is 5. The minimum absolute atomic E-state index is 0.133. The monoisotopic (exact) mass is 355 g/mol. The maximum Gasteiger partial charge on any atom is 0.325 e. The summed E-state index contributed by atoms with van der Waals surface area (Å²) in [6.45, 7) is 4.94. The van der Waals surface area contributed by atoms with Gasteiger partial charge in [-0.1, -0.05) is 34.0 Å². The first kappa shape index (κ1) is 16.0. The number of thiazole rings is 1. The number of nitrogens with one attached hydrogen (secondary N) is 1. The van der Waals surface area contributed by atoms with Gasteiger partial charge in [0.15, 0.2) is 5.69 Å². The topological polar surface area (TPSA) is 58.6 Å². The molecule has 3 heterocycles. The lowest BCUT2D eigenvalue weighted by atomic mass is 10.1. The lowest BCUT2D eigenvalue weighted by Crippen LogP contribution is -2.43. The third kappa shape index (κ3) is 3.20. The number of hydrogen-bond donors (Lipinski definition) is 1. The van der Waals surface area contributed by atoms with E-state index in [0.717, 1.165) is 29.4 Å². The van der Waals surface area contributed by atoms with Crippen molar-refractivity contribution in [3.05, 3.63) is 53.2 Å². The molecule has 6 nitrogen and oxygen atoms in total. The number of nitrogens with zero attached hydrogens (tertiary/aromatic N) is 3. The van der Waals surface area contributed by atoms with Gasteiger partial charge >= 0.3 is 4.96 Å². The fourth-order valence-electron chi connectivity index (χ4n) is 2.92. The SMILES string of the molecule is Cc1ccc(C(=O)Nc2cnc3scc[n+]3c2N2CCOCC2)cc1. The molecule has 0 aliphatic carbocycles. The van der Waals surface area contributed by atoms with Gasteiger partial charge in [-0.05, 0) is 19.1 Å². The van der Waals surface area contributed by atoms with Crippen LogP contribution in [0.1, 0.15) is 15.9 Å². The molecule has 0 atom stereocenters. The molecule has 25 heavy (non-hydrogen) atoms. The van der Waals surface area contributed by atoms with Crippen LogP contribution < -0.4 is 14.6 Å². The van der Waals surface area contributed by atoms with Crippen LogP contribution in [0.2, 0.25) is 0 Å². The second-order valence-corrected chi connectivity index (χ2v) is 6.84. The highest BCUT2D eigenvalue weighted by Gasteiger charge is 2.26. The van der Waals surface area contributed by atoms with Gasteiger partial charge in [-0.2, -0.15) is 4.40 Å². The van der Waals surface area contributed by atoms with Gasteiger partial charge < -0.3 is 10.1 Å². The normalized spacial score (nSPS) is 14.7. The number of aromatic nitrogens is 2. The molecular weight excluding hydrogens is 336 g/mol. The number of morpholine rings is 1. The van der Waals surface area contributed by atoms with Crippen LogP contribution in [0, 0.1) is 6.92 Å². The minimum Gasteiger partial charge on any atom is -0.375 e. The smallest absolute Gasteiger partial charge is 0.325 e. The van der Waals surface area contributed by atoms with Gasteiger partial charge in [-0.3, -0.25) is 9.69 Å². The summed E-state index contributed by atoms with van der Waals surface area (Å²) in [6, 6.07) is 7.55. The molecule has 7 heteroatoms. The van der Waals surface area contributed by atoms with Gasteiger partial charge in [0.25, 0.3) is 11.7 Å². The lowest BCUT2D eigenvalue weighted by Gasteiger charge is -2.25. The van der Waals surface area contributed by atoms with E-state index in [1.54, 1.807) is 17.5 Å². The van der Waals surface area contributed by atoms with Crippen molar-refractivity contribution >= 4 is 33.7 Å². The minimum atomic E-state index is -0.133. The first-order chi connectivity index (χ1) is 12.2. The first-order valence-electron chi connectivity index (χ1n) is 8.21. The van der Waals surface area contributed by atoms with Gasteiger partial charge in [-0.15, -0.1) is 0 Å². The molecule has 0 bridgehead atoms. The van der Waals surface area contributed by atoms with Crippen molar-refractivity contribution < 1.29 is 13.9 Å². The maximum atomic E-state index is 12.6. The average Bonchev–Trinajstić information content (AvgIpc) is 3.11. The number of amides is 1. The van der Waals surface area contributed by atoms with Crippen molar-refractivity contribution in [1.82, 2.24) is 4.98 Å². The van der Waals surface area contributed by atoms with E-state index in [1.807, 2.05) is 47.2 Å². The number of benzene rings is 1. The molecule has 1 aliphatic rings. The number of rotatable bonds is 3. The Kier molecular flexibility index (Phi) is 4.33. The molecule has 1 aromatic carbocycles. The highest BCUT2D eigenvalue weighted by Crippen LogP contribution is 2.24. The molecule has 1 N–H and O–H groups in total. The van der Waals surface area contributed by atoms with E-state index in [4.69, 9.17) is 4.74 Å². The van der Waals surface area contributed by atoms with E-state index < -0.39 is 0 Å². The third-order valence-electron chi connectivity index (χ3n) is 4.24. The highest BCUT2D eigenvalue weighted by molar-refractivity contribution is 7.14. The van der Waals surface area contributed by atoms with Gasteiger partial charge in [0, 0.05) is 10.9 Å². The fourth-order valence-corrected chi connectivity index (χ4v) is 3.60. The summed E-state index contributed by atoms with van der Waals surface area (Å²) in [7, 11) is 0. The van der Waals surface area contributed by atoms with E-state index >= 15 is 0 Å². The van der Waals surface area contributed by atoms with Crippen molar-refractivity contribution in [3.8, 4) is 0 Å². The van der Waals surface area contributed by atoms with Crippen molar-refractivity contribution in [2.75, 3.05) is 36.5 Å². The molecule has 1 aliphatic heterocycles. The lowest BCUT2D eigenvalue weighted by molar-refractivity contribution is -0.495. The van der Waals surface area contributed by atoms with Crippen LogP contribution >= 0.6 is 11.3 Å². The number of carbonyl (C=O) groups excluding carboxylic acids is 1. The number of carbonyl (C=O) groups is 1. The predicted octanol–water partition coefficient (Wildman–Crippen LogP) is 2.28. The Balaban J connectivity index is 1.70. The maximum absolute atomic E-state index is 12.6. The Hall–Kier alpha value is -2.51. The van der Waals surface area contributed by atoms with Crippen LogP contribution in [0.3, 0.4) is 0 Å². The van der Waals surface area contributed by atoms with Gasteiger partial charge in [-0.25, -0.2) is 0 Å². The molecule has 1 amide bonds. The van der Waals surface area contributed by atoms with Crippen LogP contribution in [0.4, 0.5) is 11.5 Å². The molecule has 1 fully saturated rings. The summed E-state index contributed by atoms with van der Waals surface area (Å²) in [4.78, 5) is 20.2. The van der Waals surface area contributed by atoms with Crippen LogP contribution in [0.5, 0.6) is 0 Å². The van der Waals surface area contributed by atoms with Gasteiger partial charge in [0.1, 0.15) is 6.20 Å². The summed E-state index contributed by atoms with van der Waals surface area (Å²) in [5.74, 6) is 0.821. The molecule has 0 spiro atoms. The number of ether oxygens (including phenoxy) is 1. The summed E-state index contributed by atoms with van der Waals surface area (Å²) in [5, 5.41) is 5.02. The van der Waals surface area contributed by atoms with Crippen LogP contribution in [0.25, 0.3) is 4.96 Å². The Morgan fingerprint density at radius 1 is 1.28 bits per heavy atom. The van der Waals surface area contributed by atoms with Crippen LogP contribution in [0.15, 0.2) is 42.0 Å². The number of fused-ring (bicyclic) bond motifs is 1. The first-order valence-corrected chi connectivity index (χ1v) is 9.09. The Labute approximate surface area is 149 Å². The van der Waals surface area contributed by atoms with Crippen molar-refractivity contribution in [1.29, 1.82) is 0 Å². The van der Waals surface area contributed by atoms with Gasteiger partial charge in [0.2, 0.25) is 0 Å². The summed E-state index contributed by atoms with van der Waals surface area (Å²) in [5.41, 5.74) is 2.47. The average molecular weight is 355 g/mol. The summed E-state index contributed by atoms with van der Waals surface area (Å²) < 4.78 is 7.49. The zero-order valence-electron chi connectivity index (χ0n) is 13.9. The van der Waals surface area contributed by atoms with Crippen molar-refractivity contribution in [2.45, 2.75) is 6.92 Å². The van der Waals surface area contributed by atoms with E-state index in [1.165, 1.54) is 0 Å². The Morgan fingerprint density at radius 2 is 2.04 bits per heavy atom.